The van der Waals surface area contributed by atoms with Crippen molar-refractivity contribution >= 4 is 0 Å². The minimum Gasteiger partial charge on any atom is -0.512 e. The van der Waals surface area contributed by atoms with Gasteiger partial charge in [-0.2, -0.15) is 0 Å². The lowest BCUT2D eigenvalue weighted by Gasteiger charge is -2.27. The summed E-state index contributed by atoms with van der Waals surface area (Å²) >= 11 is 0. The summed E-state index contributed by atoms with van der Waals surface area (Å²) in [4.78, 5) is 0. The fourth-order valence-corrected chi connectivity index (χ4v) is 2.93. The summed E-state index contributed by atoms with van der Waals surface area (Å²) in [5.41, 5.74) is 2.46. The Hall–Kier alpha value is -0.720. The molecule has 1 nitrogen and oxygen atoms in total. The molecule has 15 heavy (non-hydrogen) atoms. The van der Waals surface area contributed by atoms with Gasteiger partial charge in [-0.05, 0) is 49.2 Å². The van der Waals surface area contributed by atoms with E-state index in [9.17, 15) is 5.11 Å². The molecule has 2 aliphatic rings. The molecule has 0 aromatic heterocycles. The quantitative estimate of drug-likeness (QED) is 0.704. The van der Waals surface area contributed by atoms with Crippen molar-refractivity contribution in [1.82, 2.24) is 0 Å². The predicted octanol–water partition coefficient (Wildman–Crippen LogP) is 4.51. The summed E-state index contributed by atoms with van der Waals surface area (Å²) < 4.78 is 0. The van der Waals surface area contributed by atoms with Gasteiger partial charge < -0.3 is 5.11 Å². The van der Waals surface area contributed by atoms with Crippen LogP contribution in [0.25, 0.3) is 0 Å². The number of rotatable bonds is 2. The fraction of sp³-hybridized carbons (Fsp3) is 0.714. The fourth-order valence-electron chi connectivity index (χ4n) is 2.93. The summed E-state index contributed by atoms with van der Waals surface area (Å²) in [7, 11) is 0. The molecule has 0 aromatic rings. The molecule has 0 heterocycles. The minimum absolute atomic E-state index is 0.636. The second-order valence-electron chi connectivity index (χ2n) is 4.99. The Morgan fingerprint density at radius 1 is 1.00 bits per heavy atom. The monoisotopic (exact) mass is 206 g/mol. The van der Waals surface area contributed by atoms with Gasteiger partial charge in [-0.15, -0.1) is 0 Å². The molecule has 0 radical (unpaired) electrons. The largest absolute Gasteiger partial charge is 0.512 e. The number of allylic oxidation sites excluding steroid dienone is 3. The van der Waals surface area contributed by atoms with Crippen LogP contribution in [0, 0.1) is 5.92 Å². The zero-order valence-electron chi connectivity index (χ0n) is 9.60. The molecule has 1 saturated carbocycles. The van der Waals surface area contributed by atoms with E-state index in [4.69, 9.17) is 0 Å². The third-order valence-electron chi connectivity index (χ3n) is 3.92. The maximum Gasteiger partial charge on any atom is 0.0957 e. The van der Waals surface area contributed by atoms with Crippen molar-refractivity contribution < 1.29 is 5.11 Å². The predicted molar refractivity (Wildman–Crippen MR) is 63.8 cm³/mol. The summed E-state index contributed by atoms with van der Waals surface area (Å²) in [6.45, 7) is 4.23. The molecule has 0 amide bonds. The van der Waals surface area contributed by atoms with E-state index in [0.717, 1.165) is 19.3 Å². The lowest BCUT2D eigenvalue weighted by atomic mass is 9.79. The van der Waals surface area contributed by atoms with Gasteiger partial charge in [0, 0.05) is 6.42 Å². The summed E-state index contributed by atoms with van der Waals surface area (Å²) in [6, 6.07) is 0. The van der Waals surface area contributed by atoms with Crippen molar-refractivity contribution in [2.24, 2.45) is 5.92 Å². The maximum atomic E-state index is 9.89. The Bertz CT molecular complexity index is 269. The third kappa shape index (κ3) is 2.45. The molecule has 0 bridgehead atoms. The molecule has 0 aliphatic heterocycles. The Labute approximate surface area is 92.9 Å². The van der Waals surface area contributed by atoms with Crippen LogP contribution in [0.1, 0.15) is 57.8 Å². The van der Waals surface area contributed by atoms with Crippen molar-refractivity contribution in [1.29, 1.82) is 0 Å². The Balaban J connectivity index is 2.05. The Morgan fingerprint density at radius 2 is 1.67 bits per heavy atom. The molecule has 1 fully saturated rings. The first-order valence-corrected chi connectivity index (χ1v) is 6.39. The van der Waals surface area contributed by atoms with Crippen LogP contribution >= 0.6 is 0 Å². The van der Waals surface area contributed by atoms with Gasteiger partial charge in [-0.25, -0.2) is 0 Å². The molecule has 0 atom stereocenters. The van der Waals surface area contributed by atoms with E-state index in [2.05, 4.69) is 6.58 Å². The van der Waals surface area contributed by atoms with Crippen LogP contribution in [-0.4, -0.2) is 5.11 Å². The lowest BCUT2D eigenvalue weighted by Crippen LogP contribution is -2.13. The van der Waals surface area contributed by atoms with Crippen LogP contribution in [-0.2, 0) is 0 Å². The highest BCUT2D eigenvalue weighted by Gasteiger charge is 2.22. The Kier molecular flexibility index (Phi) is 3.50. The average Bonchev–Trinajstić information content (AvgIpc) is 2.30. The van der Waals surface area contributed by atoms with Gasteiger partial charge in [0.15, 0.2) is 0 Å². The second kappa shape index (κ2) is 4.87. The standard InChI is InChI=1S/C14H22O/c1-11(12-7-3-2-4-8-12)13-9-5-6-10-14(13)15/h12,15H,1-10H2. The van der Waals surface area contributed by atoms with E-state index in [1.807, 2.05) is 0 Å². The molecule has 2 aliphatic carbocycles. The molecule has 2 rings (SSSR count). The highest BCUT2D eigenvalue weighted by Crippen LogP contribution is 2.37. The molecule has 0 spiro atoms. The summed E-state index contributed by atoms with van der Waals surface area (Å²) in [5.74, 6) is 1.30. The lowest BCUT2D eigenvalue weighted by molar-refractivity contribution is 0.351. The molecule has 0 aromatic carbocycles. The molecular weight excluding hydrogens is 184 g/mol. The maximum absolute atomic E-state index is 9.89. The van der Waals surface area contributed by atoms with Gasteiger partial charge >= 0.3 is 0 Å². The molecule has 84 valence electrons. The zero-order valence-corrected chi connectivity index (χ0v) is 9.60. The van der Waals surface area contributed by atoms with Crippen molar-refractivity contribution in [3.05, 3.63) is 23.5 Å². The van der Waals surface area contributed by atoms with Crippen LogP contribution in [0.3, 0.4) is 0 Å². The SMILES string of the molecule is C=C(C1=C(O)CCCC1)C1CCCCC1. The first-order valence-electron chi connectivity index (χ1n) is 6.39. The van der Waals surface area contributed by atoms with E-state index in [1.165, 1.54) is 49.7 Å². The molecule has 1 N–H and O–H groups in total. The van der Waals surface area contributed by atoms with E-state index in [-0.39, 0.29) is 0 Å². The summed E-state index contributed by atoms with van der Waals surface area (Å²) in [6.07, 6.45) is 11.0. The molecule has 0 saturated heterocycles. The highest BCUT2D eigenvalue weighted by atomic mass is 16.3. The minimum atomic E-state index is 0.636. The van der Waals surface area contributed by atoms with Crippen molar-refractivity contribution in [3.63, 3.8) is 0 Å². The first-order chi connectivity index (χ1) is 7.29. The third-order valence-corrected chi connectivity index (χ3v) is 3.92. The zero-order chi connectivity index (χ0) is 10.7. The van der Waals surface area contributed by atoms with Gasteiger partial charge in [0.25, 0.3) is 0 Å². The molecule has 0 unspecified atom stereocenters. The normalized spacial score (nSPS) is 24.3. The van der Waals surface area contributed by atoms with Gasteiger partial charge in [0.05, 0.1) is 5.76 Å². The molecule has 1 heteroatoms. The van der Waals surface area contributed by atoms with Gasteiger partial charge in [-0.3, -0.25) is 0 Å². The van der Waals surface area contributed by atoms with E-state index >= 15 is 0 Å². The van der Waals surface area contributed by atoms with Crippen molar-refractivity contribution in [2.75, 3.05) is 0 Å². The van der Waals surface area contributed by atoms with Crippen LogP contribution in [0.5, 0.6) is 0 Å². The average molecular weight is 206 g/mol. The highest BCUT2D eigenvalue weighted by molar-refractivity contribution is 5.34. The van der Waals surface area contributed by atoms with Gasteiger partial charge in [-0.1, -0.05) is 25.8 Å². The second-order valence-corrected chi connectivity index (χ2v) is 4.99. The number of aliphatic hydroxyl groups is 1. The van der Waals surface area contributed by atoms with Crippen molar-refractivity contribution in [2.45, 2.75) is 57.8 Å². The Morgan fingerprint density at radius 3 is 2.33 bits per heavy atom. The first kappa shape index (κ1) is 10.8. The van der Waals surface area contributed by atoms with Crippen molar-refractivity contribution in [3.8, 4) is 0 Å². The van der Waals surface area contributed by atoms with Crippen LogP contribution in [0.15, 0.2) is 23.5 Å². The van der Waals surface area contributed by atoms with E-state index < -0.39 is 0 Å². The smallest absolute Gasteiger partial charge is 0.0957 e. The number of hydrogen-bond donors (Lipinski definition) is 1. The van der Waals surface area contributed by atoms with Crippen LogP contribution in [0.2, 0.25) is 0 Å². The number of aliphatic hydroxyl groups excluding tert-OH is 1. The number of hydrogen-bond acceptors (Lipinski definition) is 1. The summed E-state index contributed by atoms with van der Waals surface area (Å²) in [5, 5.41) is 9.89. The molecular formula is C14H22O. The topological polar surface area (TPSA) is 20.2 Å². The van der Waals surface area contributed by atoms with E-state index in [0.29, 0.717) is 11.7 Å². The van der Waals surface area contributed by atoms with Crippen LogP contribution < -0.4 is 0 Å². The van der Waals surface area contributed by atoms with Crippen LogP contribution in [0.4, 0.5) is 0 Å². The van der Waals surface area contributed by atoms with E-state index in [1.54, 1.807) is 0 Å². The van der Waals surface area contributed by atoms with Gasteiger partial charge in [0.2, 0.25) is 0 Å². The van der Waals surface area contributed by atoms with Gasteiger partial charge in [0.1, 0.15) is 0 Å².